The van der Waals surface area contributed by atoms with Gasteiger partial charge in [0.05, 0.1) is 18.0 Å². The summed E-state index contributed by atoms with van der Waals surface area (Å²) in [5, 5.41) is 2.96. The number of rotatable bonds is 6. The van der Waals surface area contributed by atoms with E-state index in [1.165, 1.54) is 16.9 Å². The largest absolute Gasteiger partial charge is 0.346 e. The van der Waals surface area contributed by atoms with Crippen molar-refractivity contribution in [3.8, 4) is 0 Å². The summed E-state index contributed by atoms with van der Waals surface area (Å²) in [5.41, 5.74) is 3.30. The molecule has 0 radical (unpaired) electrons. The Morgan fingerprint density at radius 2 is 1.64 bits per heavy atom. The zero-order valence-corrected chi connectivity index (χ0v) is 15.8. The van der Waals surface area contributed by atoms with Crippen LogP contribution in [0, 0.1) is 0 Å². The molecule has 2 rings (SSSR count). The maximum atomic E-state index is 12.4. The lowest BCUT2D eigenvalue weighted by Crippen LogP contribution is -2.27. The molecule has 0 fully saturated rings. The van der Waals surface area contributed by atoms with E-state index in [-0.39, 0.29) is 11.9 Å². The van der Waals surface area contributed by atoms with Crippen LogP contribution in [0.1, 0.15) is 41.4 Å². The number of hydrogen-bond donors (Lipinski definition) is 1. The van der Waals surface area contributed by atoms with E-state index >= 15 is 0 Å². The third-order valence-electron chi connectivity index (χ3n) is 4.23. The zero-order valence-electron chi connectivity index (χ0n) is 15.0. The highest BCUT2D eigenvalue weighted by atomic mass is 32.2. The molecule has 1 N–H and O–H groups in total. The quantitative estimate of drug-likeness (QED) is 0.861. The minimum absolute atomic E-state index is 0.114. The van der Waals surface area contributed by atoms with Crippen molar-refractivity contribution in [2.45, 2.75) is 26.3 Å². The third kappa shape index (κ3) is 4.82. The summed E-state index contributed by atoms with van der Waals surface area (Å²) in [7, 11) is -1.84. The summed E-state index contributed by atoms with van der Waals surface area (Å²) < 4.78 is 24.3. The van der Waals surface area contributed by atoms with E-state index in [0.717, 1.165) is 18.2 Å². The van der Waals surface area contributed by atoms with Gasteiger partial charge >= 0.3 is 0 Å². The van der Waals surface area contributed by atoms with Crippen LogP contribution >= 0.6 is 0 Å². The third-order valence-corrected chi connectivity index (χ3v) is 5.43. The van der Waals surface area contributed by atoms with Crippen molar-refractivity contribution in [2.24, 2.45) is 0 Å². The predicted octanol–water partition coefficient (Wildman–Crippen LogP) is 3.14. The molecular weight excluding hydrogens is 336 g/mol. The summed E-state index contributed by atoms with van der Waals surface area (Å²) in [6.07, 6.45) is 2.12. The van der Waals surface area contributed by atoms with Crippen LogP contribution in [0.4, 0.5) is 5.69 Å². The summed E-state index contributed by atoms with van der Waals surface area (Å²) in [5.74, 6) is -0.194. The van der Waals surface area contributed by atoms with E-state index < -0.39 is 10.0 Å². The Kier molecular flexibility index (Phi) is 5.85. The molecule has 25 heavy (non-hydrogen) atoms. The molecule has 0 aliphatic heterocycles. The van der Waals surface area contributed by atoms with E-state index in [1.54, 1.807) is 24.3 Å². The van der Waals surface area contributed by atoms with Gasteiger partial charge in [-0.2, -0.15) is 0 Å². The highest BCUT2D eigenvalue weighted by molar-refractivity contribution is 7.92. The van der Waals surface area contributed by atoms with Crippen molar-refractivity contribution >= 4 is 21.6 Å². The lowest BCUT2D eigenvalue weighted by atomic mass is 10.0. The van der Waals surface area contributed by atoms with Gasteiger partial charge in [-0.05, 0) is 48.7 Å². The van der Waals surface area contributed by atoms with Crippen molar-refractivity contribution in [1.82, 2.24) is 5.32 Å². The van der Waals surface area contributed by atoms with Gasteiger partial charge in [-0.1, -0.05) is 31.2 Å². The fourth-order valence-corrected chi connectivity index (χ4v) is 2.92. The van der Waals surface area contributed by atoms with E-state index in [4.69, 9.17) is 0 Å². The normalized spacial score (nSPS) is 12.5. The van der Waals surface area contributed by atoms with Gasteiger partial charge in [-0.15, -0.1) is 0 Å². The number of anilines is 1. The summed E-state index contributed by atoms with van der Waals surface area (Å²) in [6.45, 7) is 4.04. The number of carbonyl (C=O) groups excluding carboxylic acids is 1. The topological polar surface area (TPSA) is 66.5 Å². The molecule has 134 valence electrons. The number of hydrogen-bond acceptors (Lipinski definition) is 3. The number of benzene rings is 2. The highest BCUT2D eigenvalue weighted by Gasteiger charge is 2.14. The maximum Gasteiger partial charge on any atom is 0.251 e. The molecular formula is C19H24N2O3S. The van der Waals surface area contributed by atoms with Gasteiger partial charge in [0.25, 0.3) is 5.91 Å². The van der Waals surface area contributed by atoms with Crippen molar-refractivity contribution in [3.05, 3.63) is 65.2 Å². The van der Waals surface area contributed by atoms with Crippen molar-refractivity contribution < 1.29 is 13.2 Å². The molecule has 0 saturated carbocycles. The highest BCUT2D eigenvalue weighted by Crippen LogP contribution is 2.18. The molecule has 0 aliphatic rings. The number of nitrogens with zero attached hydrogens (tertiary/aromatic N) is 1. The van der Waals surface area contributed by atoms with Gasteiger partial charge in [0.2, 0.25) is 10.0 Å². The van der Waals surface area contributed by atoms with Gasteiger partial charge in [0.1, 0.15) is 0 Å². The van der Waals surface area contributed by atoms with Gasteiger partial charge in [-0.25, -0.2) is 8.42 Å². The summed E-state index contributed by atoms with van der Waals surface area (Å²) >= 11 is 0. The number of aryl methyl sites for hydroxylation is 1. The second-order valence-corrected chi connectivity index (χ2v) is 8.08. The van der Waals surface area contributed by atoms with Gasteiger partial charge in [0.15, 0.2) is 0 Å². The molecule has 0 spiro atoms. The first-order chi connectivity index (χ1) is 11.7. The van der Waals surface area contributed by atoms with Crippen molar-refractivity contribution in [1.29, 1.82) is 0 Å². The molecule has 1 amide bonds. The van der Waals surface area contributed by atoms with E-state index in [0.29, 0.717) is 11.3 Å². The minimum Gasteiger partial charge on any atom is -0.346 e. The lowest BCUT2D eigenvalue weighted by Gasteiger charge is -2.17. The van der Waals surface area contributed by atoms with Crippen LogP contribution in [0.5, 0.6) is 0 Å². The van der Waals surface area contributed by atoms with E-state index in [9.17, 15) is 13.2 Å². The molecule has 1 atom stereocenters. The van der Waals surface area contributed by atoms with Gasteiger partial charge in [-0.3, -0.25) is 9.10 Å². The zero-order chi connectivity index (χ0) is 18.6. The minimum atomic E-state index is -3.32. The second-order valence-electron chi connectivity index (χ2n) is 6.07. The van der Waals surface area contributed by atoms with Crippen LogP contribution in [0.3, 0.4) is 0 Å². The number of carbonyl (C=O) groups is 1. The fraction of sp³-hybridized carbons (Fsp3) is 0.316. The Morgan fingerprint density at radius 3 is 2.12 bits per heavy atom. The molecule has 0 aromatic heterocycles. The molecule has 6 heteroatoms. The van der Waals surface area contributed by atoms with E-state index in [1.807, 2.05) is 19.1 Å². The van der Waals surface area contributed by atoms with Crippen LogP contribution in [0.25, 0.3) is 0 Å². The maximum absolute atomic E-state index is 12.4. The monoisotopic (exact) mass is 360 g/mol. The smallest absolute Gasteiger partial charge is 0.251 e. The molecule has 2 aromatic rings. The van der Waals surface area contributed by atoms with Crippen LogP contribution in [-0.4, -0.2) is 27.6 Å². The molecule has 5 nitrogen and oxygen atoms in total. The Hall–Kier alpha value is -2.34. The molecule has 2 aromatic carbocycles. The number of nitrogens with one attached hydrogen (secondary N) is 1. The standard InChI is InChI=1S/C19H24N2O3S/c1-5-15-6-8-16(9-7-15)14(2)20-19(22)17-10-12-18(13-11-17)21(3)25(4,23)24/h6-14H,5H2,1-4H3,(H,20,22)/t14-/m0/s1. The number of amides is 1. The van der Waals surface area contributed by atoms with Crippen molar-refractivity contribution in [2.75, 3.05) is 17.6 Å². The molecule has 0 heterocycles. The van der Waals surface area contributed by atoms with E-state index in [2.05, 4.69) is 24.4 Å². The average Bonchev–Trinajstić information content (AvgIpc) is 2.60. The Balaban J connectivity index is 2.07. The summed E-state index contributed by atoms with van der Waals surface area (Å²) in [6, 6.07) is 14.5. The van der Waals surface area contributed by atoms with Crippen LogP contribution in [0.2, 0.25) is 0 Å². The SMILES string of the molecule is CCc1ccc([C@H](C)NC(=O)c2ccc(N(C)S(C)(=O)=O)cc2)cc1. The summed E-state index contributed by atoms with van der Waals surface area (Å²) in [4.78, 5) is 12.4. The fourth-order valence-electron chi connectivity index (χ4n) is 2.42. The Labute approximate surface area is 149 Å². The van der Waals surface area contributed by atoms with Gasteiger partial charge in [0, 0.05) is 12.6 Å². The first-order valence-electron chi connectivity index (χ1n) is 8.16. The molecule has 0 bridgehead atoms. The van der Waals surface area contributed by atoms with Crippen LogP contribution in [0.15, 0.2) is 48.5 Å². The lowest BCUT2D eigenvalue weighted by molar-refractivity contribution is 0.0940. The Bertz CT molecular complexity index is 828. The first-order valence-corrected chi connectivity index (χ1v) is 10.0. The number of sulfonamides is 1. The second kappa shape index (κ2) is 7.70. The molecule has 0 saturated heterocycles. The Morgan fingerprint density at radius 1 is 1.08 bits per heavy atom. The molecule has 0 aliphatic carbocycles. The molecule has 0 unspecified atom stereocenters. The average molecular weight is 360 g/mol. The van der Waals surface area contributed by atoms with Crippen molar-refractivity contribution in [3.63, 3.8) is 0 Å². The van der Waals surface area contributed by atoms with Crippen LogP contribution < -0.4 is 9.62 Å². The predicted molar refractivity (Wildman–Crippen MR) is 101 cm³/mol. The van der Waals surface area contributed by atoms with Gasteiger partial charge < -0.3 is 5.32 Å². The van der Waals surface area contributed by atoms with Crippen LogP contribution in [-0.2, 0) is 16.4 Å². The first kappa shape index (κ1) is 19.0.